The van der Waals surface area contributed by atoms with Gasteiger partial charge in [-0.2, -0.15) is 0 Å². The average molecular weight is 373 g/mol. The lowest BCUT2D eigenvalue weighted by Crippen LogP contribution is -2.53. The molecule has 0 aliphatic carbocycles. The fourth-order valence-corrected chi connectivity index (χ4v) is 3.59. The topological polar surface area (TPSA) is 99.0 Å². The Hall–Kier alpha value is -2.77. The second kappa shape index (κ2) is 8.75. The third-order valence-corrected chi connectivity index (χ3v) is 5.33. The SMILES string of the molecule is NC(=O)C1CCN(C(=O)CNC(=O)N2CCN(c3ccccc3)CC2)CC1. The average Bonchev–Trinajstić information content (AvgIpc) is 2.72. The Morgan fingerprint density at radius 2 is 1.56 bits per heavy atom. The van der Waals surface area contributed by atoms with E-state index in [0.717, 1.165) is 18.8 Å². The van der Waals surface area contributed by atoms with Gasteiger partial charge in [0.15, 0.2) is 0 Å². The molecule has 8 heteroatoms. The molecule has 2 aliphatic heterocycles. The summed E-state index contributed by atoms with van der Waals surface area (Å²) in [4.78, 5) is 41.5. The number of benzene rings is 1. The molecule has 8 nitrogen and oxygen atoms in total. The van der Waals surface area contributed by atoms with Crippen LogP contribution < -0.4 is 16.0 Å². The van der Waals surface area contributed by atoms with Crippen LogP contribution in [0.15, 0.2) is 30.3 Å². The fourth-order valence-electron chi connectivity index (χ4n) is 3.59. The monoisotopic (exact) mass is 373 g/mol. The smallest absolute Gasteiger partial charge is 0.317 e. The van der Waals surface area contributed by atoms with Crippen LogP contribution in [-0.2, 0) is 9.59 Å². The molecule has 27 heavy (non-hydrogen) atoms. The molecule has 2 saturated heterocycles. The minimum atomic E-state index is -0.301. The Morgan fingerprint density at radius 1 is 0.926 bits per heavy atom. The number of nitrogens with two attached hydrogens (primary N) is 1. The molecule has 4 amide bonds. The Bertz CT molecular complexity index is 665. The minimum Gasteiger partial charge on any atom is -0.369 e. The number of piperidine rings is 1. The largest absolute Gasteiger partial charge is 0.369 e. The molecule has 0 atom stereocenters. The van der Waals surface area contributed by atoms with Gasteiger partial charge in [0.25, 0.3) is 0 Å². The van der Waals surface area contributed by atoms with Crippen LogP contribution >= 0.6 is 0 Å². The molecule has 2 aliphatic rings. The van der Waals surface area contributed by atoms with Gasteiger partial charge in [0, 0.05) is 50.9 Å². The quantitative estimate of drug-likeness (QED) is 0.790. The van der Waals surface area contributed by atoms with E-state index in [4.69, 9.17) is 5.73 Å². The maximum atomic E-state index is 12.3. The summed E-state index contributed by atoms with van der Waals surface area (Å²) in [7, 11) is 0. The number of hydrogen-bond donors (Lipinski definition) is 2. The molecule has 2 fully saturated rings. The number of piperazine rings is 1. The van der Waals surface area contributed by atoms with Crippen LogP contribution in [0.4, 0.5) is 10.5 Å². The van der Waals surface area contributed by atoms with Crippen molar-refractivity contribution in [1.29, 1.82) is 0 Å². The van der Waals surface area contributed by atoms with Crippen molar-refractivity contribution >= 4 is 23.5 Å². The summed E-state index contributed by atoms with van der Waals surface area (Å²) in [5.41, 5.74) is 6.47. The van der Waals surface area contributed by atoms with Crippen molar-refractivity contribution < 1.29 is 14.4 Å². The number of para-hydroxylation sites is 1. The highest BCUT2D eigenvalue weighted by Crippen LogP contribution is 2.17. The van der Waals surface area contributed by atoms with Crippen LogP contribution in [0, 0.1) is 5.92 Å². The van der Waals surface area contributed by atoms with Gasteiger partial charge in [-0.15, -0.1) is 0 Å². The number of hydrogen-bond acceptors (Lipinski definition) is 4. The fraction of sp³-hybridized carbons (Fsp3) is 0.526. The predicted molar refractivity (Wildman–Crippen MR) is 102 cm³/mol. The molecule has 2 heterocycles. The summed E-state index contributed by atoms with van der Waals surface area (Å²) in [5.74, 6) is -0.566. The molecular weight excluding hydrogens is 346 g/mol. The second-order valence-corrected chi connectivity index (χ2v) is 7.03. The van der Waals surface area contributed by atoms with Crippen LogP contribution in [0.25, 0.3) is 0 Å². The summed E-state index contributed by atoms with van der Waals surface area (Å²) in [6, 6.07) is 9.92. The number of nitrogens with zero attached hydrogens (tertiary/aromatic N) is 3. The molecule has 3 N–H and O–H groups in total. The van der Waals surface area contributed by atoms with E-state index in [1.165, 1.54) is 0 Å². The third-order valence-electron chi connectivity index (χ3n) is 5.33. The number of carbonyl (C=O) groups is 3. The highest BCUT2D eigenvalue weighted by Gasteiger charge is 2.27. The van der Waals surface area contributed by atoms with Gasteiger partial charge >= 0.3 is 6.03 Å². The number of urea groups is 1. The summed E-state index contributed by atoms with van der Waals surface area (Å²) < 4.78 is 0. The highest BCUT2D eigenvalue weighted by molar-refractivity contribution is 5.84. The highest BCUT2D eigenvalue weighted by atomic mass is 16.2. The lowest BCUT2D eigenvalue weighted by molar-refractivity contribution is -0.133. The van der Waals surface area contributed by atoms with E-state index in [9.17, 15) is 14.4 Å². The number of likely N-dealkylation sites (tertiary alicyclic amines) is 1. The molecule has 0 spiro atoms. The number of carbonyl (C=O) groups excluding carboxylic acids is 3. The Kier molecular flexibility index (Phi) is 6.16. The van der Waals surface area contributed by atoms with Crippen molar-refractivity contribution in [2.24, 2.45) is 11.7 Å². The molecule has 0 aromatic heterocycles. The lowest BCUT2D eigenvalue weighted by Gasteiger charge is -2.36. The molecule has 0 radical (unpaired) electrons. The number of nitrogens with one attached hydrogen (secondary N) is 1. The van der Waals surface area contributed by atoms with Crippen LogP contribution in [-0.4, -0.2) is 73.5 Å². The minimum absolute atomic E-state index is 0.0149. The molecule has 0 unspecified atom stereocenters. The van der Waals surface area contributed by atoms with Crippen molar-refractivity contribution in [3.05, 3.63) is 30.3 Å². The van der Waals surface area contributed by atoms with Gasteiger partial charge in [0.05, 0.1) is 6.54 Å². The summed E-state index contributed by atoms with van der Waals surface area (Å²) in [6.45, 7) is 3.80. The first-order valence-corrected chi connectivity index (χ1v) is 9.44. The predicted octanol–water partition coefficient (Wildman–Crippen LogP) is 0.242. The Balaban J connectivity index is 1.39. The molecule has 0 saturated carbocycles. The van der Waals surface area contributed by atoms with Gasteiger partial charge < -0.3 is 25.8 Å². The van der Waals surface area contributed by atoms with Gasteiger partial charge in [-0.05, 0) is 25.0 Å². The van der Waals surface area contributed by atoms with Gasteiger partial charge in [0.2, 0.25) is 11.8 Å². The molecule has 1 aromatic carbocycles. The zero-order chi connectivity index (χ0) is 19.2. The summed E-state index contributed by atoms with van der Waals surface area (Å²) >= 11 is 0. The summed E-state index contributed by atoms with van der Waals surface area (Å²) in [6.07, 6.45) is 1.19. The number of rotatable bonds is 4. The number of anilines is 1. The van der Waals surface area contributed by atoms with Crippen molar-refractivity contribution in [2.75, 3.05) is 50.7 Å². The first-order chi connectivity index (χ1) is 13.0. The lowest BCUT2D eigenvalue weighted by atomic mass is 9.96. The van der Waals surface area contributed by atoms with E-state index in [2.05, 4.69) is 22.3 Å². The molecule has 1 aromatic rings. The van der Waals surface area contributed by atoms with Crippen LogP contribution in [0.1, 0.15) is 12.8 Å². The van der Waals surface area contributed by atoms with E-state index in [1.54, 1.807) is 9.80 Å². The van der Waals surface area contributed by atoms with E-state index in [-0.39, 0.29) is 30.3 Å². The normalized spacial score (nSPS) is 18.3. The van der Waals surface area contributed by atoms with Crippen molar-refractivity contribution in [3.8, 4) is 0 Å². The first kappa shape index (κ1) is 19.0. The zero-order valence-corrected chi connectivity index (χ0v) is 15.5. The zero-order valence-electron chi connectivity index (χ0n) is 15.5. The number of primary amides is 1. The Morgan fingerprint density at radius 3 is 2.15 bits per heavy atom. The maximum absolute atomic E-state index is 12.3. The number of amides is 4. The van der Waals surface area contributed by atoms with E-state index in [0.29, 0.717) is 39.0 Å². The van der Waals surface area contributed by atoms with Crippen molar-refractivity contribution in [1.82, 2.24) is 15.1 Å². The van der Waals surface area contributed by atoms with E-state index in [1.807, 2.05) is 18.2 Å². The maximum Gasteiger partial charge on any atom is 0.317 e. The van der Waals surface area contributed by atoms with Crippen LogP contribution in [0.3, 0.4) is 0 Å². The van der Waals surface area contributed by atoms with Gasteiger partial charge in [-0.3, -0.25) is 9.59 Å². The van der Waals surface area contributed by atoms with Gasteiger partial charge in [0.1, 0.15) is 0 Å². The van der Waals surface area contributed by atoms with E-state index < -0.39 is 0 Å². The molecule has 146 valence electrons. The van der Waals surface area contributed by atoms with Crippen LogP contribution in [0.2, 0.25) is 0 Å². The molecule has 3 rings (SSSR count). The van der Waals surface area contributed by atoms with Crippen molar-refractivity contribution in [3.63, 3.8) is 0 Å². The van der Waals surface area contributed by atoms with Crippen LogP contribution in [0.5, 0.6) is 0 Å². The Labute approximate surface area is 159 Å². The van der Waals surface area contributed by atoms with Gasteiger partial charge in [-0.25, -0.2) is 4.79 Å². The first-order valence-electron chi connectivity index (χ1n) is 9.44. The van der Waals surface area contributed by atoms with Crippen molar-refractivity contribution in [2.45, 2.75) is 12.8 Å². The second-order valence-electron chi connectivity index (χ2n) is 7.03. The molecular formula is C19H27N5O3. The standard InChI is InChI=1S/C19H27N5O3/c20-18(26)15-6-8-23(9-7-15)17(25)14-21-19(27)24-12-10-22(11-13-24)16-4-2-1-3-5-16/h1-5,15H,6-14H2,(H2,20,26)(H,21,27). The van der Waals surface area contributed by atoms with Gasteiger partial charge in [-0.1, -0.05) is 18.2 Å². The molecule has 0 bridgehead atoms. The van der Waals surface area contributed by atoms with E-state index >= 15 is 0 Å². The summed E-state index contributed by atoms with van der Waals surface area (Å²) in [5, 5.41) is 2.72. The third kappa shape index (κ3) is 4.90.